The first-order valence-electron chi connectivity index (χ1n) is 11.3. The summed E-state index contributed by atoms with van der Waals surface area (Å²) >= 11 is 6.50. The van der Waals surface area contributed by atoms with E-state index in [0.717, 1.165) is 27.2 Å². The molecule has 1 heterocycles. The number of nitrogens with two attached hydrogens (primary N) is 1. The molecule has 5 aromatic rings. The maximum Gasteiger partial charge on any atom is 0.252 e. The Labute approximate surface area is 218 Å². The molecule has 7 nitrogen and oxygen atoms in total. The van der Waals surface area contributed by atoms with Gasteiger partial charge in [0.15, 0.2) is 11.5 Å². The van der Waals surface area contributed by atoms with E-state index >= 15 is 0 Å². The molecule has 0 unspecified atom stereocenters. The zero-order valence-corrected chi connectivity index (χ0v) is 21.1. The minimum atomic E-state index is -0.586. The summed E-state index contributed by atoms with van der Waals surface area (Å²) in [5.41, 5.74) is 7.93. The number of pyridine rings is 1. The molecule has 8 heteroatoms. The number of primary amides is 1. The molecule has 2 N–H and O–H groups in total. The smallest absolute Gasteiger partial charge is 0.252 e. The Morgan fingerprint density at radius 2 is 1.54 bits per heavy atom. The Kier molecular flexibility index (Phi) is 6.46. The number of carbonyl (C=O) groups excluding carboxylic acids is 1. The number of aromatic nitrogens is 1. The van der Waals surface area contributed by atoms with Crippen molar-refractivity contribution < 1.29 is 23.7 Å². The van der Waals surface area contributed by atoms with Crippen LogP contribution < -0.4 is 24.7 Å². The quantitative estimate of drug-likeness (QED) is 0.262. The van der Waals surface area contributed by atoms with E-state index in [1.54, 1.807) is 32.5 Å². The predicted octanol–water partition coefficient (Wildman–Crippen LogP) is 6.63. The number of rotatable bonds is 7. The van der Waals surface area contributed by atoms with Crippen molar-refractivity contribution in [3.63, 3.8) is 0 Å². The highest BCUT2D eigenvalue weighted by Gasteiger charge is 2.19. The zero-order chi connectivity index (χ0) is 26.1. The average Bonchev–Trinajstić information content (AvgIpc) is 2.91. The Morgan fingerprint density at radius 1 is 0.811 bits per heavy atom. The fourth-order valence-corrected chi connectivity index (χ4v) is 4.60. The van der Waals surface area contributed by atoms with Gasteiger partial charge in [0.1, 0.15) is 17.2 Å². The minimum absolute atomic E-state index is 0.268. The van der Waals surface area contributed by atoms with Crippen molar-refractivity contribution in [1.82, 2.24) is 4.98 Å². The van der Waals surface area contributed by atoms with Gasteiger partial charge < -0.3 is 24.7 Å². The van der Waals surface area contributed by atoms with Crippen LogP contribution >= 0.6 is 11.6 Å². The van der Waals surface area contributed by atoms with E-state index in [0.29, 0.717) is 39.3 Å². The normalized spacial score (nSPS) is 10.9. The van der Waals surface area contributed by atoms with E-state index in [9.17, 15) is 4.79 Å². The van der Waals surface area contributed by atoms with E-state index in [-0.39, 0.29) is 5.56 Å². The monoisotopic (exact) mass is 514 g/mol. The van der Waals surface area contributed by atoms with E-state index in [1.807, 2.05) is 54.6 Å². The highest BCUT2D eigenvalue weighted by molar-refractivity contribution is 6.34. The fourth-order valence-electron chi connectivity index (χ4n) is 4.34. The molecule has 5 rings (SSSR count). The topological polar surface area (TPSA) is 92.9 Å². The molecule has 0 spiro atoms. The number of benzene rings is 4. The first kappa shape index (κ1) is 24.2. The molecule has 0 fully saturated rings. The molecule has 1 amide bonds. The lowest BCUT2D eigenvalue weighted by atomic mass is 9.98. The lowest BCUT2D eigenvalue weighted by Gasteiger charge is -2.15. The molecule has 0 bridgehead atoms. The van der Waals surface area contributed by atoms with Crippen molar-refractivity contribution >= 4 is 39.2 Å². The zero-order valence-electron chi connectivity index (χ0n) is 20.4. The van der Waals surface area contributed by atoms with Crippen LogP contribution in [0.1, 0.15) is 10.4 Å². The lowest BCUT2D eigenvalue weighted by Crippen LogP contribution is -2.13. The summed E-state index contributed by atoms with van der Waals surface area (Å²) in [6.07, 6.45) is 1.69. The van der Waals surface area contributed by atoms with Crippen LogP contribution in [0.2, 0.25) is 5.02 Å². The van der Waals surface area contributed by atoms with Crippen molar-refractivity contribution in [2.24, 2.45) is 5.73 Å². The summed E-state index contributed by atoms with van der Waals surface area (Å²) in [6, 6.07) is 20.3. The second-order valence-corrected chi connectivity index (χ2v) is 8.63. The molecule has 4 aromatic carbocycles. The van der Waals surface area contributed by atoms with Gasteiger partial charge in [0, 0.05) is 23.2 Å². The number of halogens is 1. The maximum absolute atomic E-state index is 11.9. The standard InChI is InChI=1S/C29H23ClN2O5/c1-34-25-14-21-23(15-26(25)35-2)32-11-10-24(21)37-19-7-6-16-12-18(5-4-17(16)13-19)27-22(30)9-8-20(29(31)33)28(27)36-3/h4-15H,1-3H3,(H2,31,33). The fraction of sp³-hybridized carbons (Fsp3) is 0.103. The number of amides is 1. The highest BCUT2D eigenvalue weighted by atomic mass is 35.5. The van der Waals surface area contributed by atoms with Crippen LogP contribution in [0.3, 0.4) is 0 Å². The van der Waals surface area contributed by atoms with Crippen molar-refractivity contribution in [1.29, 1.82) is 0 Å². The molecule has 0 saturated carbocycles. The van der Waals surface area contributed by atoms with Gasteiger partial charge in [0.05, 0.1) is 37.4 Å². The molecule has 186 valence electrons. The summed E-state index contributed by atoms with van der Waals surface area (Å²) in [4.78, 5) is 16.3. The molecule has 0 aliphatic heterocycles. The van der Waals surface area contributed by atoms with Gasteiger partial charge in [-0.2, -0.15) is 0 Å². The Balaban J connectivity index is 1.53. The lowest BCUT2D eigenvalue weighted by molar-refractivity contribution is 0.0997. The Bertz CT molecular complexity index is 1670. The van der Waals surface area contributed by atoms with Gasteiger partial charge in [-0.15, -0.1) is 0 Å². The number of ether oxygens (including phenoxy) is 4. The maximum atomic E-state index is 11.9. The van der Waals surface area contributed by atoms with Crippen LogP contribution in [0.4, 0.5) is 0 Å². The van der Waals surface area contributed by atoms with Crippen LogP contribution in [0, 0.1) is 0 Å². The van der Waals surface area contributed by atoms with Gasteiger partial charge in [-0.05, 0) is 58.8 Å². The van der Waals surface area contributed by atoms with Gasteiger partial charge in [-0.1, -0.05) is 29.8 Å². The SMILES string of the molecule is COc1cc2nccc(Oc3ccc4cc(-c5c(Cl)ccc(C(N)=O)c5OC)ccc4c3)c2cc1OC. The molecule has 1 aromatic heterocycles. The third-order valence-corrected chi connectivity index (χ3v) is 6.43. The molecule has 0 atom stereocenters. The summed E-state index contributed by atoms with van der Waals surface area (Å²) in [6.45, 7) is 0. The van der Waals surface area contributed by atoms with Crippen molar-refractivity contribution in [2.75, 3.05) is 21.3 Å². The number of nitrogens with zero attached hydrogens (tertiary/aromatic N) is 1. The first-order chi connectivity index (χ1) is 17.9. The number of hydrogen-bond acceptors (Lipinski definition) is 6. The predicted molar refractivity (Wildman–Crippen MR) is 144 cm³/mol. The molecule has 0 radical (unpaired) electrons. The van der Waals surface area contributed by atoms with Crippen LogP contribution in [0.25, 0.3) is 32.8 Å². The summed E-state index contributed by atoms with van der Waals surface area (Å²) in [5, 5.41) is 3.17. The van der Waals surface area contributed by atoms with E-state index in [4.69, 9.17) is 36.3 Å². The van der Waals surface area contributed by atoms with Gasteiger partial charge in [-0.3, -0.25) is 9.78 Å². The van der Waals surface area contributed by atoms with Crippen LogP contribution in [-0.4, -0.2) is 32.2 Å². The molecule has 0 saturated heterocycles. The Morgan fingerprint density at radius 3 is 2.27 bits per heavy atom. The molecule has 0 aliphatic carbocycles. The van der Waals surface area contributed by atoms with E-state index < -0.39 is 5.91 Å². The number of fused-ring (bicyclic) bond motifs is 2. The van der Waals surface area contributed by atoms with Crippen LogP contribution in [0.5, 0.6) is 28.7 Å². The first-order valence-corrected chi connectivity index (χ1v) is 11.7. The minimum Gasteiger partial charge on any atom is -0.495 e. The second kappa shape index (κ2) is 9.87. The van der Waals surface area contributed by atoms with Crippen molar-refractivity contribution in [3.8, 4) is 39.9 Å². The van der Waals surface area contributed by atoms with Crippen molar-refractivity contribution in [2.45, 2.75) is 0 Å². The number of methoxy groups -OCH3 is 3. The second-order valence-electron chi connectivity index (χ2n) is 8.23. The summed E-state index contributed by atoms with van der Waals surface area (Å²) < 4.78 is 22.6. The number of carbonyl (C=O) groups is 1. The van der Waals surface area contributed by atoms with Gasteiger partial charge in [0.2, 0.25) is 0 Å². The molecular weight excluding hydrogens is 492 g/mol. The number of hydrogen-bond donors (Lipinski definition) is 1. The molecule has 37 heavy (non-hydrogen) atoms. The van der Waals surface area contributed by atoms with Gasteiger partial charge in [0.25, 0.3) is 5.91 Å². The average molecular weight is 515 g/mol. The highest BCUT2D eigenvalue weighted by Crippen LogP contribution is 2.41. The van der Waals surface area contributed by atoms with Gasteiger partial charge in [-0.25, -0.2) is 0 Å². The van der Waals surface area contributed by atoms with Crippen molar-refractivity contribution in [3.05, 3.63) is 83.5 Å². The van der Waals surface area contributed by atoms with Gasteiger partial charge >= 0.3 is 0 Å². The van der Waals surface area contributed by atoms with Crippen LogP contribution in [0.15, 0.2) is 72.9 Å². The molecular formula is C29H23ClN2O5. The summed E-state index contributed by atoms with van der Waals surface area (Å²) in [5.74, 6) is 2.25. The van der Waals surface area contributed by atoms with E-state index in [1.165, 1.54) is 7.11 Å². The third-order valence-electron chi connectivity index (χ3n) is 6.11. The van der Waals surface area contributed by atoms with E-state index in [2.05, 4.69) is 4.98 Å². The molecule has 0 aliphatic rings. The van der Waals surface area contributed by atoms with Crippen LogP contribution in [-0.2, 0) is 0 Å². The third kappa shape index (κ3) is 4.45. The Hall–Kier alpha value is -4.49. The largest absolute Gasteiger partial charge is 0.495 e. The summed E-state index contributed by atoms with van der Waals surface area (Å²) in [7, 11) is 4.66.